The fourth-order valence-electron chi connectivity index (χ4n) is 1.66. The van der Waals surface area contributed by atoms with Crippen molar-refractivity contribution >= 4 is 17.0 Å². The molecule has 0 saturated heterocycles. The number of nitrogens with one attached hydrogen (secondary N) is 2. The van der Waals surface area contributed by atoms with Gasteiger partial charge in [-0.1, -0.05) is 6.07 Å². The summed E-state index contributed by atoms with van der Waals surface area (Å²) in [6.07, 6.45) is -1.43. The lowest BCUT2D eigenvalue weighted by Gasteiger charge is -2.10. The summed E-state index contributed by atoms with van der Waals surface area (Å²) in [5.41, 5.74) is -0.551. The molecule has 1 aromatic heterocycles. The highest BCUT2D eigenvalue weighted by atomic mass is 16.5. The molecule has 1 heterocycles. The zero-order chi connectivity index (χ0) is 14.0. The van der Waals surface area contributed by atoms with Crippen molar-refractivity contribution in [3.63, 3.8) is 0 Å². The average molecular weight is 264 g/mol. The molecular formula is C12H12N2O5. The number of carbonyl (C=O) groups is 1. The molecule has 1 aromatic carbocycles. The third kappa shape index (κ3) is 2.55. The quantitative estimate of drug-likeness (QED) is 0.525. The van der Waals surface area contributed by atoms with E-state index in [4.69, 9.17) is 4.74 Å². The van der Waals surface area contributed by atoms with Gasteiger partial charge in [0, 0.05) is 0 Å². The van der Waals surface area contributed by atoms with E-state index in [-0.39, 0.29) is 12.2 Å². The maximum atomic E-state index is 11.4. The van der Waals surface area contributed by atoms with Gasteiger partial charge in [0.25, 0.3) is 0 Å². The molecule has 7 heteroatoms. The number of hydrogen-bond donors (Lipinski definition) is 3. The van der Waals surface area contributed by atoms with Gasteiger partial charge in [0.05, 0.1) is 17.6 Å². The van der Waals surface area contributed by atoms with Crippen LogP contribution < -0.4 is 11.1 Å². The van der Waals surface area contributed by atoms with Crippen LogP contribution in [0.15, 0.2) is 27.8 Å². The SMILES string of the molecule is CCOC(=O)C(O)c1ccc2[nH]c(=O)c(=O)[nH]c2c1. The van der Waals surface area contributed by atoms with Crippen LogP contribution in [0.4, 0.5) is 0 Å². The van der Waals surface area contributed by atoms with Crippen LogP contribution in [0.1, 0.15) is 18.6 Å². The number of aliphatic hydroxyl groups excluding tert-OH is 1. The Bertz CT molecular complexity index is 731. The number of aromatic amines is 2. The Morgan fingerprint density at radius 2 is 1.89 bits per heavy atom. The van der Waals surface area contributed by atoms with Crippen LogP contribution in [0.25, 0.3) is 11.0 Å². The largest absolute Gasteiger partial charge is 0.464 e. The van der Waals surface area contributed by atoms with Gasteiger partial charge in [-0.15, -0.1) is 0 Å². The second-order valence-electron chi connectivity index (χ2n) is 3.87. The number of fused-ring (bicyclic) bond motifs is 1. The van der Waals surface area contributed by atoms with Crippen LogP contribution in [-0.2, 0) is 9.53 Å². The molecule has 1 atom stereocenters. The van der Waals surface area contributed by atoms with Crippen molar-refractivity contribution in [2.75, 3.05) is 6.61 Å². The highest BCUT2D eigenvalue weighted by Crippen LogP contribution is 2.17. The van der Waals surface area contributed by atoms with Crippen LogP contribution >= 0.6 is 0 Å². The van der Waals surface area contributed by atoms with Crippen molar-refractivity contribution in [2.45, 2.75) is 13.0 Å². The van der Waals surface area contributed by atoms with E-state index in [2.05, 4.69) is 9.97 Å². The zero-order valence-electron chi connectivity index (χ0n) is 10.1. The van der Waals surface area contributed by atoms with Crippen molar-refractivity contribution in [3.8, 4) is 0 Å². The smallest absolute Gasteiger partial charge is 0.339 e. The average Bonchev–Trinajstić information content (AvgIpc) is 2.39. The van der Waals surface area contributed by atoms with Crippen LogP contribution in [0.5, 0.6) is 0 Å². The summed E-state index contributed by atoms with van der Waals surface area (Å²) in [6.45, 7) is 1.79. The summed E-state index contributed by atoms with van der Waals surface area (Å²) in [5, 5.41) is 9.77. The third-order valence-electron chi connectivity index (χ3n) is 2.57. The van der Waals surface area contributed by atoms with E-state index < -0.39 is 23.2 Å². The molecule has 2 rings (SSSR count). The van der Waals surface area contributed by atoms with Crippen LogP contribution in [0, 0.1) is 0 Å². The molecule has 0 fully saturated rings. The molecule has 0 aliphatic carbocycles. The molecule has 0 radical (unpaired) electrons. The first-order valence-corrected chi connectivity index (χ1v) is 5.64. The minimum absolute atomic E-state index is 0.160. The van der Waals surface area contributed by atoms with Gasteiger partial charge in [-0.3, -0.25) is 9.59 Å². The normalized spacial score (nSPS) is 12.3. The Morgan fingerprint density at radius 1 is 1.26 bits per heavy atom. The summed E-state index contributed by atoms with van der Waals surface area (Å²) < 4.78 is 4.69. The second-order valence-corrected chi connectivity index (χ2v) is 3.87. The number of hydrogen-bond acceptors (Lipinski definition) is 5. The molecule has 0 saturated carbocycles. The van der Waals surface area contributed by atoms with Crippen molar-refractivity contribution in [2.24, 2.45) is 0 Å². The molecule has 0 spiro atoms. The minimum atomic E-state index is -1.43. The van der Waals surface area contributed by atoms with Crippen molar-refractivity contribution in [1.82, 2.24) is 9.97 Å². The molecule has 2 aromatic rings. The van der Waals surface area contributed by atoms with Gasteiger partial charge in [0.15, 0.2) is 6.10 Å². The molecule has 1 unspecified atom stereocenters. The Kier molecular flexibility index (Phi) is 3.48. The van der Waals surface area contributed by atoms with Gasteiger partial charge < -0.3 is 19.8 Å². The number of H-pyrrole nitrogens is 2. The van der Waals surface area contributed by atoms with Gasteiger partial charge in [-0.2, -0.15) is 0 Å². The maximum Gasteiger partial charge on any atom is 0.339 e. The number of ether oxygens (including phenoxy) is 1. The molecular weight excluding hydrogens is 252 g/mol. The lowest BCUT2D eigenvalue weighted by atomic mass is 10.1. The predicted molar refractivity (Wildman–Crippen MR) is 66.8 cm³/mol. The topological polar surface area (TPSA) is 112 Å². The first kappa shape index (κ1) is 13.0. The van der Waals surface area contributed by atoms with E-state index in [1.165, 1.54) is 18.2 Å². The Balaban J connectivity index is 2.47. The van der Waals surface area contributed by atoms with E-state index in [0.717, 1.165) is 0 Å². The number of carbonyl (C=O) groups excluding carboxylic acids is 1. The molecule has 0 amide bonds. The standard InChI is InChI=1S/C12H12N2O5/c1-2-19-12(18)9(15)6-3-4-7-8(5-6)14-11(17)10(16)13-7/h3-5,9,15H,2H2,1H3,(H,13,16)(H,14,17). The first-order chi connectivity index (χ1) is 9.02. The molecule has 0 aliphatic heterocycles. The third-order valence-corrected chi connectivity index (χ3v) is 2.57. The van der Waals surface area contributed by atoms with E-state index in [9.17, 15) is 19.5 Å². The molecule has 3 N–H and O–H groups in total. The van der Waals surface area contributed by atoms with Crippen molar-refractivity contribution in [1.29, 1.82) is 0 Å². The highest BCUT2D eigenvalue weighted by molar-refractivity contribution is 5.80. The van der Waals surface area contributed by atoms with Crippen LogP contribution in [0.3, 0.4) is 0 Å². The molecule has 100 valence electrons. The van der Waals surface area contributed by atoms with E-state index in [1.807, 2.05) is 0 Å². The molecule has 19 heavy (non-hydrogen) atoms. The van der Waals surface area contributed by atoms with E-state index in [1.54, 1.807) is 6.92 Å². The van der Waals surface area contributed by atoms with Gasteiger partial charge in [0.1, 0.15) is 0 Å². The van der Waals surface area contributed by atoms with Crippen LogP contribution in [0.2, 0.25) is 0 Å². The predicted octanol–water partition coefficient (Wildman–Crippen LogP) is -0.187. The van der Waals surface area contributed by atoms with Crippen molar-refractivity contribution in [3.05, 3.63) is 44.5 Å². The second kappa shape index (κ2) is 5.07. The number of rotatable bonds is 3. The monoisotopic (exact) mass is 264 g/mol. The van der Waals surface area contributed by atoms with E-state index in [0.29, 0.717) is 11.0 Å². The van der Waals surface area contributed by atoms with Crippen molar-refractivity contribution < 1.29 is 14.6 Å². The molecule has 7 nitrogen and oxygen atoms in total. The Labute approximate surface area is 106 Å². The molecule has 0 bridgehead atoms. The number of esters is 1. The highest BCUT2D eigenvalue weighted by Gasteiger charge is 2.18. The summed E-state index contributed by atoms with van der Waals surface area (Å²) >= 11 is 0. The van der Waals surface area contributed by atoms with Gasteiger partial charge in [-0.05, 0) is 24.6 Å². The number of benzene rings is 1. The molecule has 0 aliphatic rings. The Hall–Kier alpha value is -2.41. The Morgan fingerprint density at radius 3 is 2.53 bits per heavy atom. The number of aromatic nitrogens is 2. The lowest BCUT2D eigenvalue weighted by Crippen LogP contribution is -2.29. The fraction of sp³-hybridized carbons (Fsp3) is 0.250. The van der Waals surface area contributed by atoms with Gasteiger partial charge in [0.2, 0.25) is 0 Å². The van der Waals surface area contributed by atoms with Gasteiger partial charge >= 0.3 is 17.1 Å². The summed E-state index contributed by atoms with van der Waals surface area (Å²) in [5.74, 6) is -0.770. The number of aliphatic hydroxyl groups is 1. The summed E-state index contributed by atoms with van der Waals surface area (Å²) in [6, 6.07) is 4.37. The summed E-state index contributed by atoms with van der Waals surface area (Å²) in [4.78, 5) is 38.5. The minimum Gasteiger partial charge on any atom is -0.464 e. The summed E-state index contributed by atoms with van der Waals surface area (Å²) in [7, 11) is 0. The van der Waals surface area contributed by atoms with Crippen LogP contribution in [-0.4, -0.2) is 27.7 Å². The lowest BCUT2D eigenvalue weighted by molar-refractivity contribution is -0.153. The zero-order valence-corrected chi connectivity index (χ0v) is 10.1. The fourth-order valence-corrected chi connectivity index (χ4v) is 1.66. The van der Waals surface area contributed by atoms with E-state index >= 15 is 0 Å². The maximum absolute atomic E-state index is 11.4. The van der Waals surface area contributed by atoms with Gasteiger partial charge in [-0.25, -0.2) is 4.79 Å². The first-order valence-electron chi connectivity index (χ1n) is 5.64.